The lowest BCUT2D eigenvalue weighted by molar-refractivity contribution is 0.321. The SMILES string of the molecule is CNCCOc1cccc2c1[nH]c(=O)n2Cc1cccc(Cl)c1.CNCCOc1cccc2c1[nH]c(=O)n2Cc1cccc(F)c1F. The molecule has 6 aromatic rings. The van der Waals surface area contributed by atoms with E-state index in [1.165, 1.54) is 16.7 Å². The van der Waals surface area contributed by atoms with Crippen LogP contribution in [0.3, 0.4) is 0 Å². The van der Waals surface area contributed by atoms with E-state index >= 15 is 0 Å². The summed E-state index contributed by atoms with van der Waals surface area (Å²) in [4.78, 5) is 30.2. The van der Waals surface area contributed by atoms with Crippen LogP contribution >= 0.6 is 11.6 Å². The number of ether oxygens (including phenoxy) is 2. The molecule has 2 heterocycles. The second-order valence-corrected chi connectivity index (χ2v) is 11.0. The Morgan fingerprint density at radius 1 is 0.723 bits per heavy atom. The lowest BCUT2D eigenvalue weighted by atomic mass is 10.2. The topological polar surface area (TPSA) is 118 Å². The monoisotopic (exact) mass is 664 g/mol. The van der Waals surface area contributed by atoms with Gasteiger partial charge in [0.05, 0.1) is 24.1 Å². The van der Waals surface area contributed by atoms with Crippen molar-refractivity contribution in [1.29, 1.82) is 0 Å². The van der Waals surface area contributed by atoms with Crippen molar-refractivity contribution < 1.29 is 18.3 Å². The van der Waals surface area contributed by atoms with Crippen LogP contribution in [0.4, 0.5) is 8.78 Å². The smallest absolute Gasteiger partial charge is 0.326 e. The Morgan fingerprint density at radius 2 is 1.26 bits per heavy atom. The summed E-state index contributed by atoms with van der Waals surface area (Å²) < 4.78 is 41.7. The zero-order chi connectivity index (χ0) is 33.3. The van der Waals surface area contributed by atoms with Gasteiger partial charge < -0.3 is 30.1 Å². The summed E-state index contributed by atoms with van der Waals surface area (Å²) in [5, 5.41) is 6.65. The molecule has 246 valence electrons. The normalized spacial score (nSPS) is 11.1. The highest BCUT2D eigenvalue weighted by molar-refractivity contribution is 6.30. The number of imidazole rings is 2. The highest BCUT2D eigenvalue weighted by atomic mass is 35.5. The molecule has 0 amide bonds. The summed E-state index contributed by atoms with van der Waals surface area (Å²) in [6, 6.07) is 22.3. The summed E-state index contributed by atoms with van der Waals surface area (Å²) >= 11 is 6.02. The van der Waals surface area contributed by atoms with E-state index in [2.05, 4.69) is 20.6 Å². The minimum atomic E-state index is -0.944. The van der Waals surface area contributed by atoms with Crippen molar-refractivity contribution in [3.8, 4) is 11.5 Å². The molecule has 47 heavy (non-hydrogen) atoms. The van der Waals surface area contributed by atoms with Crippen LogP contribution in [0.15, 0.2) is 88.5 Å². The number of hydrogen-bond donors (Lipinski definition) is 4. The van der Waals surface area contributed by atoms with Gasteiger partial charge in [-0.2, -0.15) is 0 Å². The maximum Gasteiger partial charge on any atom is 0.326 e. The van der Waals surface area contributed by atoms with Crippen molar-refractivity contribution in [2.75, 3.05) is 40.4 Å². The zero-order valence-electron chi connectivity index (χ0n) is 25.9. The quantitative estimate of drug-likeness (QED) is 0.139. The molecule has 0 aliphatic heterocycles. The predicted molar refractivity (Wildman–Crippen MR) is 180 cm³/mol. The lowest BCUT2D eigenvalue weighted by Crippen LogP contribution is -2.18. The summed E-state index contributed by atoms with van der Waals surface area (Å²) in [6.07, 6.45) is 0. The Labute approximate surface area is 273 Å². The average molecular weight is 665 g/mol. The van der Waals surface area contributed by atoms with Crippen LogP contribution in [0.1, 0.15) is 11.1 Å². The van der Waals surface area contributed by atoms with Gasteiger partial charge in [0.1, 0.15) is 35.7 Å². The number of nitrogens with one attached hydrogen (secondary N) is 4. The molecule has 0 aliphatic carbocycles. The maximum atomic E-state index is 13.9. The largest absolute Gasteiger partial charge is 0.490 e. The van der Waals surface area contributed by atoms with Gasteiger partial charge >= 0.3 is 11.4 Å². The Balaban J connectivity index is 0.000000185. The molecule has 0 saturated heterocycles. The van der Waals surface area contributed by atoms with Gasteiger partial charge in [0.25, 0.3) is 0 Å². The van der Waals surface area contributed by atoms with Crippen LogP contribution in [-0.4, -0.2) is 59.5 Å². The van der Waals surface area contributed by atoms with Crippen molar-refractivity contribution in [2.45, 2.75) is 13.1 Å². The van der Waals surface area contributed by atoms with E-state index in [1.807, 2.05) is 56.6 Å². The molecule has 0 bridgehead atoms. The summed E-state index contributed by atoms with van der Waals surface area (Å²) in [5.41, 5.74) is 3.16. The molecular weight excluding hydrogens is 630 g/mol. The molecule has 0 unspecified atom stereocenters. The maximum absolute atomic E-state index is 13.9. The molecule has 13 heteroatoms. The molecule has 2 aromatic heterocycles. The van der Waals surface area contributed by atoms with Gasteiger partial charge in [0.2, 0.25) is 0 Å². The molecular formula is C34H35ClF2N6O4. The minimum absolute atomic E-state index is 0.0671. The van der Waals surface area contributed by atoms with E-state index in [1.54, 1.807) is 22.8 Å². The van der Waals surface area contributed by atoms with E-state index < -0.39 is 17.3 Å². The molecule has 0 saturated carbocycles. The highest BCUT2D eigenvalue weighted by Gasteiger charge is 2.15. The van der Waals surface area contributed by atoms with Crippen LogP contribution in [0, 0.1) is 11.6 Å². The number of benzene rings is 4. The van der Waals surface area contributed by atoms with Crippen LogP contribution in [0.25, 0.3) is 22.1 Å². The zero-order valence-corrected chi connectivity index (χ0v) is 26.7. The molecule has 0 aliphatic rings. The van der Waals surface area contributed by atoms with Crippen molar-refractivity contribution in [1.82, 2.24) is 29.7 Å². The fourth-order valence-corrected chi connectivity index (χ4v) is 5.26. The van der Waals surface area contributed by atoms with Crippen molar-refractivity contribution >= 4 is 33.7 Å². The summed E-state index contributed by atoms with van der Waals surface area (Å²) in [7, 11) is 3.68. The molecule has 4 aromatic carbocycles. The summed E-state index contributed by atoms with van der Waals surface area (Å²) in [6.45, 7) is 2.78. The third kappa shape index (κ3) is 7.91. The third-order valence-corrected chi connectivity index (χ3v) is 7.59. The first-order valence-corrected chi connectivity index (χ1v) is 15.3. The number of hydrogen-bond acceptors (Lipinski definition) is 6. The number of rotatable bonds is 12. The predicted octanol–water partition coefficient (Wildman–Crippen LogP) is 4.88. The molecule has 0 fully saturated rings. The van der Waals surface area contributed by atoms with Gasteiger partial charge in [0, 0.05) is 23.7 Å². The van der Waals surface area contributed by atoms with E-state index in [0.29, 0.717) is 53.9 Å². The van der Waals surface area contributed by atoms with Gasteiger partial charge in [-0.25, -0.2) is 18.4 Å². The number of para-hydroxylation sites is 2. The number of fused-ring (bicyclic) bond motifs is 2. The molecule has 0 radical (unpaired) electrons. The van der Waals surface area contributed by atoms with Crippen molar-refractivity contribution in [3.63, 3.8) is 0 Å². The molecule has 0 spiro atoms. The Hall–Kier alpha value is -4.91. The number of halogens is 3. The Bertz CT molecular complexity index is 2090. The van der Waals surface area contributed by atoms with Gasteiger partial charge in [0.15, 0.2) is 11.6 Å². The molecule has 4 N–H and O–H groups in total. The average Bonchev–Trinajstić information content (AvgIpc) is 3.55. The number of aromatic nitrogens is 4. The van der Waals surface area contributed by atoms with E-state index in [9.17, 15) is 18.4 Å². The fraction of sp³-hybridized carbons (Fsp3) is 0.235. The second-order valence-electron chi connectivity index (χ2n) is 10.6. The van der Waals surface area contributed by atoms with E-state index in [0.717, 1.165) is 29.2 Å². The highest BCUT2D eigenvalue weighted by Crippen LogP contribution is 2.25. The minimum Gasteiger partial charge on any atom is -0.490 e. The van der Waals surface area contributed by atoms with Crippen molar-refractivity contribution in [3.05, 3.63) is 128 Å². The van der Waals surface area contributed by atoms with Gasteiger partial charge in [-0.3, -0.25) is 9.13 Å². The van der Waals surface area contributed by atoms with Gasteiger partial charge in [-0.05, 0) is 62.1 Å². The number of aromatic amines is 2. The number of H-pyrrole nitrogens is 2. The van der Waals surface area contributed by atoms with Gasteiger partial charge in [-0.15, -0.1) is 0 Å². The van der Waals surface area contributed by atoms with Crippen LogP contribution in [0.5, 0.6) is 11.5 Å². The Kier molecular flexibility index (Phi) is 11.1. The number of likely N-dealkylation sites (N-methyl/N-ethyl adjacent to an activating group) is 2. The van der Waals surface area contributed by atoms with E-state index in [-0.39, 0.29) is 17.8 Å². The van der Waals surface area contributed by atoms with Crippen LogP contribution in [-0.2, 0) is 13.1 Å². The van der Waals surface area contributed by atoms with E-state index in [4.69, 9.17) is 21.1 Å². The first-order chi connectivity index (χ1) is 22.8. The molecule has 0 atom stereocenters. The van der Waals surface area contributed by atoms with Crippen LogP contribution < -0.4 is 31.5 Å². The molecule has 10 nitrogen and oxygen atoms in total. The summed E-state index contributed by atoms with van der Waals surface area (Å²) in [5.74, 6) is -0.658. The van der Waals surface area contributed by atoms with Crippen molar-refractivity contribution in [2.24, 2.45) is 0 Å². The lowest BCUT2D eigenvalue weighted by Gasteiger charge is -2.08. The first kappa shape index (κ1) is 33.5. The first-order valence-electron chi connectivity index (χ1n) is 15.0. The standard InChI is InChI=1S/C17H18ClN3O2.C17H17F2N3O2/c1-19-8-9-23-15-7-3-6-14-16(15)20-17(22)21(14)11-12-4-2-5-13(18)10-12;1-20-8-9-24-14-7-3-6-13-16(14)21-17(23)22(13)10-11-4-2-5-12(18)15(11)19/h2-7,10,19H,8-9,11H2,1H3,(H,20,22);2-7,20H,8-10H2,1H3,(H,21,23). The Morgan fingerprint density at radius 3 is 1.81 bits per heavy atom. The number of nitrogens with zero attached hydrogens (tertiary/aromatic N) is 2. The third-order valence-electron chi connectivity index (χ3n) is 7.35. The second kappa shape index (κ2) is 15.6. The van der Waals surface area contributed by atoms with Gasteiger partial charge in [-0.1, -0.05) is 48.0 Å². The van der Waals surface area contributed by atoms with Crippen LogP contribution in [0.2, 0.25) is 5.02 Å². The molecule has 6 rings (SSSR count). The fourth-order valence-electron chi connectivity index (χ4n) is 5.05.